The van der Waals surface area contributed by atoms with E-state index in [0.717, 1.165) is 0 Å². The fourth-order valence-electron chi connectivity index (χ4n) is 2.32. The Kier molecular flexibility index (Phi) is 14.7. The van der Waals surface area contributed by atoms with Crippen molar-refractivity contribution in [3.8, 4) is 22.3 Å². The maximum atomic E-state index is 9.47. The second-order valence-corrected chi connectivity index (χ2v) is 7.94. The first-order chi connectivity index (χ1) is 14.5. The largest absolute Gasteiger partial charge is 1.00 e. The summed E-state index contributed by atoms with van der Waals surface area (Å²) in [6, 6.07) is 16.4. The lowest BCUT2D eigenvalue weighted by Crippen LogP contribution is -3.00. The molecule has 0 aromatic carbocycles. The van der Waals surface area contributed by atoms with E-state index < -0.39 is 7.60 Å². The topological polar surface area (TPSA) is 120 Å². The lowest BCUT2D eigenvalue weighted by Gasteiger charge is -2.26. The summed E-state index contributed by atoms with van der Waals surface area (Å²) in [5.41, 5.74) is 4.90. The summed E-state index contributed by atoms with van der Waals surface area (Å²) >= 11 is 0. The third-order valence-electron chi connectivity index (χ3n) is 3.93. The second-order valence-electron chi connectivity index (χ2n) is 6.08. The number of aromatic amines is 4. The quantitative estimate of drug-likeness (QED) is 0.265. The van der Waals surface area contributed by atoms with Gasteiger partial charge in [0, 0.05) is 48.5 Å². The number of nitrogens with one attached hydrogen (secondary N) is 4. The Morgan fingerprint density at radius 1 is 0.562 bits per heavy atom. The molecule has 170 valence electrons. The number of halogens is 2. The fourth-order valence-corrected chi connectivity index (χ4v) is 2.32. The van der Waals surface area contributed by atoms with Gasteiger partial charge in [-0.15, -0.1) is 0 Å². The van der Waals surface area contributed by atoms with E-state index in [1.807, 2.05) is 49.6 Å². The van der Waals surface area contributed by atoms with Gasteiger partial charge in [0.05, 0.1) is 0 Å². The third-order valence-corrected chi connectivity index (χ3v) is 4.70. The molecular formula is C22H25Cl2N4O3P. The Morgan fingerprint density at radius 3 is 0.844 bits per heavy atom. The first-order valence-corrected chi connectivity index (χ1v) is 11.1. The van der Waals surface area contributed by atoms with Crippen LogP contribution in [0, 0.1) is 0 Å². The molecule has 4 rings (SSSR count). The zero-order valence-electron chi connectivity index (χ0n) is 17.4. The van der Waals surface area contributed by atoms with Crippen molar-refractivity contribution in [2.45, 2.75) is 6.92 Å². The molecule has 0 saturated heterocycles. The summed E-state index contributed by atoms with van der Waals surface area (Å²) in [6.45, 7) is 1.32. The van der Waals surface area contributed by atoms with Crippen molar-refractivity contribution >= 4 is 7.60 Å². The van der Waals surface area contributed by atoms with Gasteiger partial charge in [0.1, 0.15) is 0 Å². The van der Waals surface area contributed by atoms with Crippen LogP contribution in [-0.2, 0) is 4.57 Å². The molecule has 0 radical (unpaired) electrons. The van der Waals surface area contributed by atoms with Crippen molar-refractivity contribution in [2.75, 3.05) is 6.16 Å². The van der Waals surface area contributed by atoms with Gasteiger partial charge >= 0.3 is 0 Å². The van der Waals surface area contributed by atoms with Gasteiger partial charge in [-0.25, -0.2) is 19.9 Å². The van der Waals surface area contributed by atoms with Crippen LogP contribution in [0.25, 0.3) is 22.3 Å². The second kappa shape index (κ2) is 16.0. The van der Waals surface area contributed by atoms with Gasteiger partial charge in [0.2, 0.25) is 0 Å². The first-order valence-electron chi connectivity index (χ1n) is 9.36. The average molecular weight is 495 g/mol. The molecule has 0 fully saturated rings. The Bertz CT molecular complexity index is 876. The minimum Gasteiger partial charge on any atom is -1.00 e. The monoisotopic (exact) mass is 494 g/mol. The zero-order valence-corrected chi connectivity index (χ0v) is 19.8. The van der Waals surface area contributed by atoms with Gasteiger partial charge in [-0.3, -0.25) is 0 Å². The Morgan fingerprint density at radius 2 is 0.719 bits per heavy atom. The van der Waals surface area contributed by atoms with Crippen molar-refractivity contribution in [3.63, 3.8) is 0 Å². The van der Waals surface area contributed by atoms with Gasteiger partial charge < -0.3 is 39.2 Å². The van der Waals surface area contributed by atoms with Crippen LogP contribution in [-0.4, -0.2) is 6.16 Å². The van der Waals surface area contributed by atoms with Crippen LogP contribution in [0.4, 0.5) is 0 Å². The molecule has 4 N–H and O–H groups in total. The van der Waals surface area contributed by atoms with Gasteiger partial charge in [0.25, 0.3) is 0 Å². The highest BCUT2D eigenvalue weighted by Gasteiger charge is 1.98. The molecule has 7 nitrogen and oxygen atoms in total. The molecule has 0 aliphatic rings. The SMILES string of the molecule is CCP(=O)([O-])[O-].[Cl-].[Cl-].c1cc(-c2cc[nH+]cc2)cc[nH+]1.c1cc(-c2cc[nH+]cc2)cc[nH+]1. The highest BCUT2D eigenvalue weighted by molar-refractivity contribution is 7.48. The summed E-state index contributed by atoms with van der Waals surface area (Å²) in [5, 5.41) is 0. The van der Waals surface area contributed by atoms with Gasteiger partial charge in [-0.1, -0.05) is 14.5 Å². The molecular weight excluding hydrogens is 470 g/mol. The molecule has 0 amide bonds. The molecule has 0 atom stereocenters. The summed E-state index contributed by atoms with van der Waals surface area (Å²) in [7, 11) is -4.15. The van der Waals surface area contributed by atoms with E-state index in [1.54, 1.807) is 0 Å². The number of rotatable bonds is 3. The standard InChI is InChI=1S/2C10H8N2.C2H7O3P.2ClH/c2*1-5-11-6-2-9(1)10-3-7-12-8-4-10;1-2-6(3,4)5;;/h2*1-8H;2H2,1H3,(H2,3,4,5);2*1H. The Balaban J connectivity index is 0.000000463. The van der Waals surface area contributed by atoms with Crippen LogP contribution in [0.15, 0.2) is 98.1 Å². The fraction of sp³-hybridized carbons (Fsp3) is 0.0909. The Labute approximate surface area is 200 Å². The van der Waals surface area contributed by atoms with Gasteiger partial charge in [0.15, 0.2) is 49.6 Å². The van der Waals surface area contributed by atoms with E-state index >= 15 is 0 Å². The lowest BCUT2D eigenvalue weighted by atomic mass is 10.1. The van der Waals surface area contributed by atoms with E-state index in [-0.39, 0.29) is 31.0 Å². The highest BCUT2D eigenvalue weighted by atomic mass is 35.5. The molecule has 32 heavy (non-hydrogen) atoms. The molecule has 4 aromatic heterocycles. The van der Waals surface area contributed by atoms with Crippen LogP contribution in [0.5, 0.6) is 0 Å². The molecule has 0 aliphatic carbocycles. The number of hydrogen-bond donors (Lipinski definition) is 0. The molecule has 0 unspecified atom stereocenters. The highest BCUT2D eigenvalue weighted by Crippen LogP contribution is 2.20. The van der Waals surface area contributed by atoms with Gasteiger partial charge in [-0.2, -0.15) is 0 Å². The molecule has 4 aromatic rings. The minimum atomic E-state index is -4.15. The Hall–Kier alpha value is -2.67. The molecule has 0 aliphatic heterocycles. The smallest absolute Gasteiger partial charge is 0.167 e. The van der Waals surface area contributed by atoms with Crippen LogP contribution in [0.2, 0.25) is 0 Å². The normalized spacial score (nSPS) is 9.47. The number of hydrogen-bond acceptors (Lipinski definition) is 3. The number of H-pyrrole nitrogens is 4. The van der Waals surface area contributed by atoms with Crippen LogP contribution in [0.1, 0.15) is 6.92 Å². The van der Waals surface area contributed by atoms with E-state index in [4.69, 9.17) is 0 Å². The van der Waals surface area contributed by atoms with Crippen molar-refractivity contribution in [2.24, 2.45) is 0 Å². The molecule has 10 heteroatoms. The summed E-state index contributed by atoms with van der Waals surface area (Å²) < 4.78 is 9.47. The molecule has 0 bridgehead atoms. The van der Waals surface area contributed by atoms with Crippen LogP contribution in [0.3, 0.4) is 0 Å². The van der Waals surface area contributed by atoms with Crippen molar-refractivity contribution in [1.82, 2.24) is 0 Å². The van der Waals surface area contributed by atoms with Crippen molar-refractivity contribution in [3.05, 3.63) is 98.1 Å². The predicted molar refractivity (Wildman–Crippen MR) is 108 cm³/mol. The van der Waals surface area contributed by atoms with Crippen molar-refractivity contribution in [1.29, 1.82) is 0 Å². The van der Waals surface area contributed by atoms with E-state index in [1.165, 1.54) is 29.2 Å². The maximum absolute atomic E-state index is 9.47. The predicted octanol–water partition coefficient (Wildman–Crippen LogP) is -5.11. The van der Waals surface area contributed by atoms with Crippen LogP contribution < -0.4 is 54.5 Å². The number of pyridine rings is 4. The third kappa shape index (κ3) is 11.6. The van der Waals surface area contributed by atoms with Crippen LogP contribution >= 0.6 is 7.60 Å². The first kappa shape index (κ1) is 29.3. The van der Waals surface area contributed by atoms with Crippen molar-refractivity contribution < 1.29 is 59.1 Å². The molecule has 0 saturated carbocycles. The minimum absolute atomic E-state index is 0. The lowest BCUT2D eigenvalue weighted by molar-refractivity contribution is -0.378. The molecule has 0 spiro atoms. The summed E-state index contributed by atoms with van der Waals surface area (Å²) in [4.78, 5) is 30.9. The number of aromatic nitrogens is 4. The molecule has 4 heterocycles. The van der Waals surface area contributed by atoms with Gasteiger partial charge in [-0.05, 0) is 28.4 Å². The van der Waals surface area contributed by atoms with E-state index in [0.29, 0.717) is 0 Å². The maximum Gasteiger partial charge on any atom is 0.167 e. The summed E-state index contributed by atoms with van der Waals surface area (Å²) in [5.74, 6) is 0. The zero-order chi connectivity index (χ0) is 21.7. The average Bonchev–Trinajstić information content (AvgIpc) is 2.82. The van der Waals surface area contributed by atoms with E-state index in [9.17, 15) is 14.4 Å². The summed E-state index contributed by atoms with van der Waals surface area (Å²) in [6.07, 6.45) is 15.1. The van der Waals surface area contributed by atoms with E-state index in [2.05, 4.69) is 68.5 Å².